The lowest BCUT2D eigenvalue weighted by Gasteiger charge is -2.13. The van der Waals surface area contributed by atoms with Gasteiger partial charge in [-0.2, -0.15) is 0 Å². The molecule has 0 aromatic rings. The minimum atomic E-state index is 0.721. The molecule has 0 bridgehead atoms. The Morgan fingerprint density at radius 1 is 0.765 bits per heavy atom. The maximum absolute atomic E-state index is 5.31. The second-order valence-electron chi connectivity index (χ2n) is 6.23. The van der Waals surface area contributed by atoms with Crippen LogP contribution < -0.4 is 0 Å². The third-order valence-electron chi connectivity index (χ3n) is 3.60. The van der Waals surface area contributed by atoms with Crippen LogP contribution in [-0.4, -0.2) is 0 Å². The summed E-state index contributed by atoms with van der Waals surface area (Å²) in [6, 6.07) is 0. The second kappa shape index (κ2) is 10.7. The molecule has 0 amide bonds. The summed E-state index contributed by atoms with van der Waals surface area (Å²) in [7, 11) is 0. The highest BCUT2D eigenvalue weighted by molar-refractivity contribution is 4.85. The summed E-state index contributed by atoms with van der Waals surface area (Å²) >= 11 is 0. The van der Waals surface area contributed by atoms with Crippen LogP contribution in [0.4, 0.5) is 0 Å². The van der Waals surface area contributed by atoms with Crippen LogP contribution in [0.5, 0.6) is 0 Å². The fourth-order valence-electron chi connectivity index (χ4n) is 2.23. The Balaban J connectivity index is 3.30. The maximum Gasteiger partial charge on any atom is 0.0112 e. The standard InChI is InChI=1S/C17H32/c1-6-10-16(4)11-8-7-9-12-17(5)14-13-15(2)3/h1,15-17H,7-14H2,2-5H3. The van der Waals surface area contributed by atoms with Gasteiger partial charge in [-0.3, -0.25) is 0 Å². The summed E-state index contributed by atoms with van der Waals surface area (Å²) in [6.45, 7) is 9.31. The molecule has 17 heavy (non-hydrogen) atoms. The monoisotopic (exact) mass is 236 g/mol. The van der Waals surface area contributed by atoms with E-state index >= 15 is 0 Å². The van der Waals surface area contributed by atoms with Gasteiger partial charge in [0.25, 0.3) is 0 Å². The largest absolute Gasteiger partial charge is 0.120 e. The molecular formula is C17H32. The molecular weight excluding hydrogens is 204 g/mol. The van der Waals surface area contributed by atoms with Crippen molar-refractivity contribution in [2.45, 2.75) is 79.1 Å². The van der Waals surface area contributed by atoms with E-state index in [-0.39, 0.29) is 0 Å². The Hall–Kier alpha value is -0.440. The lowest BCUT2D eigenvalue weighted by molar-refractivity contribution is 0.405. The average molecular weight is 236 g/mol. The van der Waals surface area contributed by atoms with Crippen molar-refractivity contribution < 1.29 is 0 Å². The highest BCUT2D eigenvalue weighted by Gasteiger charge is 2.04. The van der Waals surface area contributed by atoms with Gasteiger partial charge in [-0.05, 0) is 24.2 Å². The van der Waals surface area contributed by atoms with E-state index in [2.05, 4.69) is 33.6 Å². The molecule has 0 N–H and O–H groups in total. The topological polar surface area (TPSA) is 0 Å². The van der Waals surface area contributed by atoms with Crippen LogP contribution in [0.2, 0.25) is 0 Å². The minimum absolute atomic E-state index is 0.721. The van der Waals surface area contributed by atoms with Crippen molar-refractivity contribution in [1.82, 2.24) is 0 Å². The number of hydrogen-bond donors (Lipinski definition) is 0. The quantitative estimate of drug-likeness (QED) is 0.339. The van der Waals surface area contributed by atoms with E-state index < -0.39 is 0 Å². The first-order chi connectivity index (χ1) is 8.06. The minimum Gasteiger partial charge on any atom is -0.120 e. The van der Waals surface area contributed by atoms with Gasteiger partial charge in [0.05, 0.1) is 0 Å². The Labute approximate surface area is 110 Å². The van der Waals surface area contributed by atoms with Gasteiger partial charge in [-0.1, -0.05) is 66.2 Å². The van der Waals surface area contributed by atoms with E-state index in [1.54, 1.807) is 0 Å². The summed E-state index contributed by atoms with van der Waals surface area (Å²) in [4.78, 5) is 0. The van der Waals surface area contributed by atoms with E-state index in [9.17, 15) is 0 Å². The zero-order chi connectivity index (χ0) is 13.1. The molecule has 0 heterocycles. The van der Waals surface area contributed by atoms with Crippen LogP contribution in [0.25, 0.3) is 0 Å². The molecule has 0 heteroatoms. The van der Waals surface area contributed by atoms with E-state index in [1.807, 2.05) is 0 Å². The SMILES string of the molecule is C#CCC(C)CCCCCC(C)CCC(C)C. The van der Waals surface area contributed by atoms with E-state index in [0.717, 1.165) is 24.2 Å². The van der Waals surface area contributed by atoms with Gasteiger partial charge in [-0.25, -0.2) is 0 Å². The molecule has 2 unspecified atom stereocenters. The van der Waals surface area contributed by atoms with Gasteiger partial charge in [0.1, 0.15) is 0 Å². The summed E-state index contributed by atoms with van der Waals surface area (Å²) in [5, 5.41) is 0. The Morgan fingerprint density at radius 3 is 1.88 bits per heavy atom. The van der Waals surface area contributed by atoms with E-state index in [4.69, 9.17) is 6.42 Å². The lowest BCUT2D eigenvalue weighted by Crippen LogP contribution is -1.98. The first-order valence-corrected chi connectivity index (χ1v) is 7.49. The Bertz CT molecular complexity index is 197. The van der Waals surface area contributed by atoms with Crippen molar-refractivity contribution in [1.29, 1.82) is 0 Å². The fourth-order valence-corrected chi connectivity index (χ4v) is 2.23. The molecule has 0 rings (SSSR count). The van der Waals surface area contributed by atoms with Crippen molar-refractivity contribution in [2.75, 3.05) is 0 Å². The van der Waals surface area contributed by atoms with Gasteiger partial charge < -0.3 is 0 Å². The third kappa shape index (κ3) is 11.8. The lowest BCUT2D eigenvalue weighted by atomic mass is 9.93. The van der Waals surface area contributed by atoms with Crippen LogP contribution >= 0.6 is 0 Å². The van der Waals surface area contributed by atoms with Crippen LogP contribution in [0.3, 0.4) is 0 Å². The first-order valence-electron chi connectivity index (χ1n) is 7.49. The summed E-state index contributed by atoms with van der Waals surface area (Å²) in [6.07, 6.45) is 15.9. The van der Waals surface area contributed by atoms with Gasteiger partial charge in [-0.15, -0.1) is 12.3 Å². The van der Waals surface area contributed by atoms with Gasteiger partial charge in [0.15, 0.2) is 0 Å². The molecule has 0 aromatic heterocycles. The van der Waals surface area contributed by atoms with Crippen molar-refractivity contribution in [3.8, 4) is 12.3 Å². The first kappa shape index (κ1) is 16.6. The molecule has 100 valence electrons. The third-order valence-corrected chi connectivity index (χ3v) is 3.60. The normalized spacial score (nSPS) is 14.6. The van der Waals surface area contributed by atoms with Crippen LogP contribution in [0.1, 0.15) is 79.1 Å². The zero-order valence-corrected chi connectivity index (χ0v) is 12.5. The highest BCUT2D eigenvalue weighted by Crippen LogP contribution is 2.19. The molecule has 0 aromatic carbocycles. The zero-order valence-electron chi connectivity index (χ0n) is 12.5. The van der Waals surface area contributed by atoms with E-state index in [1.165, 1.54) is 44.9 Å². The van der Waals surface area contributed by atoms with Gasteiger partial charge in [0.2, 0.25) is 0 Å². The van der Waals surface area contributed by atoms with Crippen molar-refractivity contribution in [3.63, 3.8) is 0 Å². The second-order valence-corrected chi connectivity index (χ2v) is 6.23. The summed E-state index contributed by atoms with van der Waals surface area (Å²) in [5.41, 5.74) is 0. The predicted octanol–water partition coefficient (Wildman–Crippen LogP) is 5.67. The molecule has 2 atom stereocenters. The molecule has 0 spiro atoms. The number of terminal acetylenes is 1. The average Bonchev–Trinajstić information content (AvgIpc) is 2.26. The number of unbranched alkanes of at least 4 members (excludes halogenated alkanes) is 2. The summed E-state index contributed by atoms with van der Waals surface area (Å²) in [5.74, 6) is 5.25. The molecule has 0 aliphatic carbocycles. The van der Waals surface area contributed by atoms with Crippen molar-refractivity contribution in [2.24, 2.45) is 17.8 Å². The fraction of sp³-hybridized carbons (Fsp3) is 0.882. The Morgan fingerprint density at radius 2 is 1.35 bits per heavy atom. The highest BCUT2D eigenvalue weighted by atomic mass is 14.1. The maximum atomic E-state index is 5.31. The molecule has 0 radical (unpaired) electrons. The van der Waals surface area contributed by atoms with Crippen molar-refractivity contribution in [3.05, 3.63) is 0 Å². The number of hydrogen-bond acceptors (Lipinski definition) is 0. The molecule has 0 aliphatic rings. The molecule has 0 saturated heterocycles. The van der Waals surface area contributed by atoms with Gasteiger partial charge in [0, 0.05) is 6.42 Å². The van der Waals surface area contributed by atoms with Crippen LogP contribution in [0, 0.1) is 30.1 Å². The molecule has 0 fully saturated rings. The smallest absolute Gasteiger partial charge is 0.0112 e. The van der Waals surface area contributed by atoms with Crippen molar-refractivity contribution >= 4 is 0 Å². The summed E-state index contributed by atoms with van der Waals surface area (Å²) < 4.78 is 0. The Kier molecular flexibility index (Phi) is 10.4. The van der Waals surface area contributed by atoms with Crippen LogP contribution in [0.15, 0.2) is 0 Å². The predicted molar refractivity (Wildman–Crippen MR) is 78.9 cm³/mol. The van der Waals surface area contributed by atoms with Gasteiger partial charge >= 0.3 is 0 Å². The molecule has 0 aliphatic heterocycles. The molecule has 0 nitrogen and oxygen atoms in total. The van der Waals surface area contributed by atoms with E-state index in [0.29, 0.717) is 0 Å². The number of rotatable bonds is 10. The van der Waals surface area contributed by atoms with Crippen LogP contribution in [-0.2, 0) is 0 Å². The molecule has 0 saturated carbocycles.